The Morgan fingerprint density at radius 1 is 1.46 bits per heavy atom. The summed E-state index contributed by atoms with van der Waals surface area (Å²) in [7, 11) is 1.74. The summed E-state index contributed by atoms with van der Waals surface area (Å²) in [5.74, 6) is 0.805. The van der Waals surface area contributed by atoms with Gasteiger partial charge in [-0.3, -0.25) is 15.0 Å². The number of nitrogens with zero attached hydrogens (tertiary/aromatic N) is 4. The molecule has 1 aromatic heterocycles. The Bertz CT molecular complexity index is 625. The molecule has 132 valence electrons. The van der Waals surface area contributed by atoms with Gasteiger partial charge in [-0.05, 0) is 25.1 Å². The Labute approximate surface area is 148 Å². The highest BCUT2D eigenvalue weighted by Gasteiger charge is 2.46. The van der Waals surface area contributed by atoms with Crippen molar-refractivity contribution in [3.05, 3.63) is 0 Å². The molecule has 10 heteroatoms. The van der Waals surface area contributed by atoms with Crippen LogP contribution in [0.1, 0.15) is 19.8 Å². The second kappa shape index (κ2) is 7.24. The van der Waals surface area contributed by atoms with E-state index < -0.39 is 5.60 Å². The largest absolute Gasteiger partial charge is 0.440 e. The predicted octanol–water partition coefficient (Wildman–Crippen LogP) is 1.51. The minimum absolute atomic E-state index is 0.117. The minimum Gasteiger partial charge on any atom is -0.440 e. The number of nitrogens with one attached hydrogen (secondary N) is 1. The van der Waals surface area contributed by atoms with Gasteiger partial charge in [0, 0.05) is 13.6 Å². The van der Waals surface area contributed by atoms with E-state index in [1.54, 1.807) is 23.7 Å². The monoisotopic (exact) mass is 371 g/mol. The van der Waals surface area contributed by atoms with Crippen LogP contribution in [0, 0.1) is 0 Å². The van der Waals surface area contributed by atoms with Crippen molar-refractivity contribution >= 4 is 40.2 Å². The molecule has 2 saturated heterocycles. The van der Waals surface area contributed by atoms with Crippen LogP contribution in [0.3, 0.4) is 0 Å². The maximum Gasteiger partial charge on any atom is 0.410 e. The van der Waals surface area contributed by atoms with E-state index in [0.717, 1.165) is 29.5 Å². The summed E-state index contributed by atoms with van der Waals surface area (Å²) in [5, 5.41) is 11.3. The number of likely N-dealkylation sites (N-methyl/N-ethyl adjacent to an activating group) is 1. The first-order chi connectivity index (χ1) is 11.5. The van der Waals surface area contributed by atoms with Crippen LogP contribution in [0.4, 0.5) is 9.93 Å². The van der Waals surface area contributed by atoms with Crippen molar-refractivity contribution in [2.45, 2.75) is 29.7 Å². The molecule has 2 amide bonds. The summed E-state index contributed by atoms with van der Waals surface area (Å²) < 4.78 is 6.41. The maximum absolute atomic E-state index is 12.2. The number of hydrogen-bond donors (Lipinski definition) is 1. The molecular formula is C14H21N5O3S2. The van der Waals surface area contributed by atoms with Gasteiger partial charge in [-0.2, -0.15) is 0 Å². The highest BCUT2D eigenvalue weighted by molar-refractivity contribution is 8.01. The number of thioether (sulfide) groups is 1. The fourth-order valence-electron chi connectivity index (χ4n) is 3.13. The van der Waals surface area contributed by atoms with Gasteiger partial charge in [0.15, 0.2) is 4.34 Å². The van der Waals surface area contributed by atoms with E-state index in [9.17, 15) is 9.59 Å². The zero-order valence-corrected chi connectivity index (χ0v) is 15.4. The minimum atomic E-state index is -0.474. The van der Waals surface area contributed by atoms with Crippen LogP contribution in [-0.2, 0) is 9.53 Å². The van der Waals surface area contributed by atoms with Crippen molar-refractivity contribution in [2.24, 2.45) is 0 Å². The molecule has 1 atom stereocenters. The van der Waals surface area contributed by atoms with Gasteiger partial charge in [-0.1, -0.05) is 30.0 Å². The lowest BCUT2D eigenvalue weighted by atomic mass is 9.93. The summed E-state index contributed by atoms with van der Waals surface area (Å²) in [6.45, 7) is 4.30. The molecule has 3 heterocycles. The van der Waals surface area contributed by atoms with Crippen molar-refractivity contribution in [3.8, 4) is 0 Å². The van der Waals surface area contributed by atoms with E-state index in [2.05, 4.69) is 15.5 Å². The van der Waals surface area contributed by atoms with Crippen LogP contribution in [-0.4, -0.2) is 76.6 Å². The van der Waals surface area contributed by atoms with E-state index in [4.69, 9.17) is 4.74 Å². The lowest BCUT2D eigenvalue weighted by Gasteiger charge is -2.37. The number of carbonyl (C=O) groups excluding carboxylic acids is 2. The van der Waals surface area contributed by atoms with Gasteiger partial charge < -0.3 is 9.64 Å². The Hall–Kier alpha value is -1.39. The molecule has 24 heavy (non-hydrogen) atoms. The molecule has 3 rings (SSSR count). The predicted molar refractivity (Wildman–Crippen MR) is 92.5 cm³/mol. The topological polar surface area (TPSA) is 87.7 Å². The standard InChI is InChI=1S/C14H21N5O3S2/c1-3-23-12-17-16-11(24-12)15-10(20)7-19-6-4-5-14(9-19)8-18(2)13(21)22-14/h3-9H2,1-2H3,(H,15,16,20)/t14-/m0/s1. The van der Waals surface area contributed by atoms with Gasteiger partial charge in [0.1, 0.15) is 5.60 Å². The Balaban J connectivity index is 1.53. The number of likely N-dealkylation sites (tertiary alicyclic amines) is 1. The van der Waals surface area contributed by atoms with Crippen LogP contribution in [0.25, 0.3) is 0 Å². The van der Waals surface area contributed by atoms with Gasteiger partial charge in [0.05, 0.1) is 13.1 Å². The molecule has 0 unspecified atom stereocenters. The first-order valence-corrected chi connectivity index (χ1v) is 9.72. The Morgan fingerprint density at radius 2 is 2.29 bits per heavy atom. The van der Waals surface area contributed by atoms with Gasteiger partial charge in [0.2, 0.25) is 11.0 Å². The van der Waals surface area contributed by atoms with E-state index in [1.807, 2.05) is 11.8 Å². The second-order valence-corrected chi connectivity index (χ2v) is 8.56. The molecule has 8 nitrogen and oxygen atoms in total. The van der Waals surface area contributed by atoms with E-state index in [1.165, 1.54) is 11.3 Å². The maximum atomic E-state index is 12.2. The number of rotatable bonds is 5. The molecule has 2 fully saturated rings. The van der Waals surface area contributed by atoms with E-state index in [-0.39, 0.29) is 18.5 Å². The third-order valence-corrected chi connectivity index (χ3v) is 5.90. The summed E-state index contributed by atoms with van der Waals surface area (Å²) in [4.78, 5) is 27.5. The van der Waals surface area contributed by atoms with Gasteiger partial charge in [-0.15, -0.1) is 10.2 Å². The van der Waals surface area contributed by atoms with Crippen LogP contribution in [0.15, 0.2) is 4.34 Å². The SMILES string of the molecule is CCSc1nnc(NC(=O)CN2CCC[C@@]3(C2)CN(C)C(=O)O3)s1. The number of piperidine rings is 1. The molecule has 0 radical (unpaired) electrons. The first kappa shape index (κ1) is 17.4. The summed E-state index contributed by atoms with van der Waals surface area (Å²) in [6.07, 6.45) is 1.47. The number of anilines is 1. The number of ether oxygens (including phenoxy) is 1. The molecule has 0 saturated carbocycles. The van der Waals surface area contributed by atoms with Gasteiger partial charge in [0.25, 0.3) is 0 Å². The molecule has 1 N–H and O–H groups in total. The lowest BCUT2D eigenvalue weighted by molar-refractivity contribution is -0.118. The first-order valence-electron chi connectivity index (χ1n) is 7.92. The highest BCUT2D eigenvalue weighted by Crippen LogP contribution is 2.31. The smallest absolute Gasteiger partial charge is 0.410 e. The molecule has 1 aromatic rings. The molecule has 0 aliphatic carbocycles. The summed E-state index contributed by atoms with van der Waals surface area (Å²) >= 11 is 2.98. The number of hydrogen-bond acceptors (Lipinski definition) is 8. The zero-order valence-electron chi connectivity index (χ0n) is 13.8. The molecule has 2 aliphatic rings. The zero-order chi connectivity index (χ0) is 17.2. The molecule has 0 aromatic carbocycles. The van der Waals surface area contributed by atoms with Crippen molar-refractivity contribution in [1.82, 2.24) is 20.0 Å². The lowest BCUT2D eigenvalue weighted by Crippen LogP contribution is -2.52. The van der Waals surface area contributed by atoms with Crippen molar-refractivity contribution < 1.29 is 14.3 Å². The van der Waals surface area contributed by atoms with Crippen LogP contribution in [0.5, 0.6) is 0 Å². The average Bonchev–Trinajstić information content (AvgIpc) is 3.04. The van der Waals surface area contributed by atoms with Crippen LogP contribution >= 0.6 is 23.1 Å². The third-order valence-electron chi connectivity index (χ3n) is 4.05. The number of amides is 2. The van der Waals surface area contributed by atoms with Crippen LogP contribution < -0.4 is 5.32 Å². The summed E-state index contributed by atoms with van der Waals surface area (Å²) in [6, 6.07) is 0. The Morgan fingerprint density at radius 3 is 3.00 bits per heavy atom. The quantitative estimate of drug-likeness (QED) is 0.620. The second-order valence-electron chi connectivity index (χ2n) is 6.08. The van der Waals surface area contributed by atoms with Crippen molar-refractivity contribution in [1.29, 1.82) is 0 Å². The highest BCUT2D eigenvalue weighted by atomic mass is 32.2. The number of aromatic nitrogens is 2. The third kappa shape index (κ3) is 3.98. The van der Waals surface area contributed by atoms with Gasteiger partial charge >= 0.3 is 6.09 Å². The number of carbonyl (C=O) groups is 2. The van der Waals surface area contributed by atoms with Crippen molar-refractivity contribution in [3.63, 3.8) is 0 Å². The molecular weight excluding hydrogens is 350 g/mol. The summed E-state index contributed by atoms with van der Waals surface area (Å²) in [5.41, 5.74) is -0.474. The van der Waals surface area contributed by atoms with E-state index in [0.29, 0.717) is 18.2 Å². The molecule has 1 spiro atoms. The normalized spacial score (nSPS) is 24.4. The van der Waals surface area contributed by atoms with Gasteiger partial charge in [-0.25, -0.2) is 4.79 Å². The van der Waals surface area contributed by atoms with E-state index >= 15 is 0 Å². The average molecular weight is 371 g/mol. The molecule has 2 aliphatic heterocycles. The molecule has 0 bridgehead atoms. The van der Waals surface area contributed by atoms with Crippen LogP contribution in [0.2, 0.25) is 0 Å². The van der Waals surface area contributed by atoms with Crippen molar-refractivity contribution in [2.75, 3.05) is 44.3 Å². The fourth-order valence-corrected chi connectivity index (χ4v) is 4.80. The fraction of sp³-hybridized carbons (Fsp3) is 0.714. The Kier molecular flexibility index (Phi) is 5.26.